The van der Waals surface area contributed by atoms with Crippen LogP contribution < -0.4 is 16.0 Å². The highest BCUT2D eigenvalue weighted by molar-refractivity contribution is 14.0. The average Bonchev–Trinajstić information content (AvgIpc) is 3.08. The average molecular weight is 471 g/mol. The Labute approximate surface area is 170 Å². The van der Waals surface area contributed by atoms with Gasteiger partial charge in [0.1, 0.15) is 12.7 Å². The van der Waals surface area contributed by atoms with Gasteiger partial charge >= 0.3 is 0 Å². The highest BCUT2D eigenvalue weighted by Crippen LogP contribution is 2.07. The van der Waals surface area contributed by atoms with Crippen LogP contribution in [0.2, 0.25) is 0 Å². The van der Waals surface area contributed by atoms with Crippen molar-refractivity contribution >= 4 is 35.8 Å². The van der Waals surface area contributed by atoms with Gasteiger partial charge in [-0.2, -0.15) is 5.10 Å². The zero-order valence-electron chi connectivity index (χ0n) is 15.5. The van der Waals surface area contributed by atoms with E-state index in [-0.39, 0.29) is 42.0 Å². The van der Waals surface area contributed by atoms with Crippen LogP contribution in [0.1, 0.15) is 26.3 Å². The molecule has 9 heteroatoms. The first-order valence-electron chi connectivity index (χ1n) is 8.07. The molecule has 142 valence electrons. The van der Waals surface area contributed by atoms with Crippen molar-refractivity contribution in [1.82, 2.24) is 30.7 Å². The van der Waals surface area contributed by atoms with Crippen molar-refractivity contribution in [1.29, 1.82) is 0 Å². The van der Waals surface area contributed by atoms with Crippen LogP contribution in [0.4, 0.5) is 0 Å². The van der Waals surface area contributed by atoms with E-state index in [4.69, 9.17) is 0 Å². The third-order valence-electron chi connectivity index (χ3n) is 3.23. The number of aromatic nitrogens is 3. The fourth-order valence-corrected chi connectivity index (χ4v) is 2.14. The molecule has 1 aromatic carbocycles. The van der Waals surface area contributed by atoms with Crippen LogP contribution in [0, 0.1) is 0 Å². The maximum Gasteiger partial charge on any atom is 0.239 e. The fraction of sp³-hybridized carbons (Fsp3) is 0.412. The summed E-state index contributed by atoms with van der Waals surface area (Å²) in [5.74, 6) is 0.497. The summed E-state index contributed by atoms with van der Waals surface area (Å²) in [6, 6.07) is 7.95. The summed E-state index contributed by atoms with van der Waals surface area (Å²) in [5, 5.41) is 13.2. The van der Waals surface area contributed by atoms with E-state index >= 15 is 0 Å². The van der Waals surface area contributed by atoms with Gasteiger partial charge in [-0.3, -0.25) is 9.79 Å². The number of halogens is 1. The molecule has 2 aromatic rings. The minimum absolute atomic E-state index is 0. The minimum Gasteiger partial charge on any atom is -0.352 e. The van der Waals surface area contributed by atoms with Crippen LogP contribution in [0.25, 0.3) is 5.69 Å². The number of guanidine groups is 1. The summed E-state index contributed by atoms with van der Waals surface area (Å²) < 4.78 is 1.70. The Bertz CT molecular complexity index is 706. The molecule has 0 aliphatic heterocycles. The highest BCUT2D eigenvalue weighted by Gasteiger charge is 2.13. The van der Waals surface area contributed by atoms with Gasteiger partial charge in [-0.1, -0.05) is 12.1 Å². The van der Waals surface area contributed by atoms with Gasteiger partial charge in [0, 0.05) is 19.1 Å². The van der Waals surface area contributed by atoms with Gasteiger partial charge in [-0.05, 0) is 38.5 Å². The maximum absolute atomic E-state index is 11.8. The van der Waals surface area contributed by atoms with Crippen LogP contribution in [0.5, 0.6) is 0 Å². The Morgan fingerprint density at radius 1 is 1.19 bits per heavy atom. The molecule has 1 amide bonds. The van der Waals surface area contributed by atoms with Crippen LogP contribution in [0.15, 0.2) is 41.9 Å². The Hall–Kier alpha value is -2.17. The quantitative estimate of drug-likeness (QED) is 0.349. The summed E-state index contributed by atoms with van der Waals surface area (Å²) in [5.41, 5.74) is 1.79. The highest BCUT2D eigenvalue weighted by atomic mass is 127. The monoisotopic (exact) mass is 471 g/mol. The van der Waals surface area contributed by atoms with Crippen molar-refractivity contribution in [2.24, 2.45) is 4.99 Å². The molecule has 0 aliphatic rings. The number of hydrogen-bond acceptors (Lipinski definition) is 4. The second kappa shape index (κ2) is 10.1. The lowest BCUT2D eigenvalue weighted by Crippen LogP contribution is -2.48. The Balaban J connectivity index is 0.00000338. The molecule has 0 radical (unpaired) electrons. The predicted molar refractivity (Wildman–Crippen MR) is 113 cm³/mol. The van der Waals surface area contributed by atoms with E-state index in [2.05, 4.69) is 31.0 Å². The van der Waals surface area contributed by atoms with E-state index in [0.717, 1.165) is 11.3 Å². The van der Waals surface area contributed by atoms with Crippen molar-refractivity contribution in [2.75, 3.05) is 13.6 Å². The number of nitrogens with one attached hydrogen (secondary N) is 3. The van der Waals surface area contributed by atoms with Gasteiger partial charge < -0.3 is 16.0 Å². The molecule has 8 nitrogen and oxygen atoms in total. The van der Waals surface area contributed by atoms with E-state index in [0.29, 0.717) is 12.5 Å². The molecule has 1 heterocycles. The van der Waals surface area contributed by atoms with Crippen molar-refractivity contribution in [2.45, 2.75) is 32.9 Å². The number of benzene rings is 1. The summed E-state index contributed by atoms with van der Waals surface area (Å²) in [7, 11) is 1.67. The summed E-state index contributed by atoms with van der Waals surface area (Å²) in [6.45, 7) is 6.60. The lowest BCUT2D eigenvalue weighted by molar-refractivity contribution is -0.121. The summed E-state index contributed by atoms with van der Waals surface area (Å²) in [4.78, 5) is 19.9. The summed E-state index contributed by atoms with van der Waals surface area (Å²) in [6.07, 6.45) is 3.16. The van der Waals surface area contributed by atoms with E-state index in [1.165, 1.54) is 6.33 Å². The first kappa shape index (κ1) is 21.9. The third kappa shape index (κ3) is 7.38. The number of carbonyl (C=O) groups is 1. The van der Waals surface area contributed by atoms with Crippen LogP contribution >= 0.6 is 24.0 Å². The maximum atomic E-state index is 11.8. The molecule has 1 aromatic heterocycles. The van der Waals surface area contributed by atoms with Gasteiger partial charge in [0.05, 0.1) is 12.2 Å². The molecule has 2 rings (SSSR count). The molecule has 26 heavy (non-hydrogen) atoms. The van der Waals surface area contributed by atoms with E-state index < -0.39 is 0 Å². The Morgan fingerprint density at radius 3 is 2.42 bits per heavy atom. The molecule has 0 aliphatic carbocycles. The molecule has 0 saturated carbocycles. The van der Waals surface area contributed by atoms with Gasteiger partial charge in [-0.15, -0.1) is 24.0 Å². The molecule has 0 bridgehead atoms. The lowest BCUT2D eigenvalue weighted by atomic mass is 10.1. The molecule has 0 unspecified atom stereocenters. The topological polar surface area (TPSA) is 96.2 Å². The normalized spacial score (nSPS) is 11.5. The minimum atomic E-state index is -0.248. The second-order valence-electron chi connectivity index (χ2n) is 6.58. The van der Waals surface area contributed by atoms with Gasteiger partial charge in [-0.25, -0.2) is 9.67 Å². The Kier molecular flexibility index (Phi) is 8.49. The van der Waals surface area contributed by atoms with Crippen LogP contribution in [0.3, 0.4) is 0 Å². The number of nitrogens with zero attached hydrogens (tertiary/aromatic N) is 4. The molecule has 0 atom stereocenters. The number of hydrogen-bond donors (Lipinski definition) is 3. The fourth-order valence-electron chi connectivity index (χ4n) is 2.14. The van der Waals surface area contributed by atoms with Crippen LogP contribution in [-0.4, -0.2) is 45.8 Å². The van der Waals surface area contributed by atoms with Crippen molar-refractivity contribution in [3.63, 3.8) is 0 Å². The molecular formula is C17H26IN7O. The first-order chi connectivity index (χ1) is 11.9. The first-order valence-corrected chi connectivity index (χ1v) is 8.07. The smallest absolute Gasteiger partial charge is 0.239 e. The summed E-state index contributed by atoms with van der Waals surface area (Å²) >= 11 is 0. The molecule has 0 spiro atoms. The number of aliphatic imine (C=N–C) groups is 1. The number of rotatable bonds is 5. The van der Waals surface area contributed by atoms with E-state index in [1.807, 2.05) is 45.0 Å². The van der Waals surface area contributed by atoms with Crippen molar-refractivity contribution in [3.8, 4) is 5.69 Å². The molecule has 0 saturated heterocycles. The lowest BCUT2D eigenvalue weighted by Gasteiger charge is -2.21. The molecule has 0 fully saturated rings. The van der Waals surface area contributed by atoms with Crippen molar-refractivity contribution < 1.29 is 4.79 Å². The standard InChI is InChI=1S/C17H25N7O.HI/c1-17(2,3)23-15(25)10-21-16(18-4)20-9-13-5-7-14(8-6-13)24-12-19-11-22-24;/h5-8,11-12H,9-10H2,1-4H3,(H,23,25)(H2,18,20,21);1H. The van der Waals surface area contributed by atoms with Crippen LogP contribution in [-0.2, 0) is 11.3 Å². The van der Waals surface area contributed by atoms with E-state index in [1.54, 1.807) is 18.1 Å². The Morgan fingerprint density at radius 2 is 1.88 bits per heavy atom. The number of amides is 1. The second-order valence-corrected chi connectivity index (χ2v) is 6.58. The van der Waals surface area contributed by atoms with Gasteiger partial charge in [0.15, 0.2) is 5.96 Å². The third-order valence-corrected chi connectivity index (χ3v) is 3.23. The van der Waals surface area contributed by atoms with Gasteiger partial charge in [0.25, 0.3) is 0 Å². The largest absolute Gasteiger partial charge is 0.352 e. The van der Waals surface area contributed by atoms with Crippen molar-refractivity contribution in [3.05, 3.63) is 42.5 Å². The SMILES string of the molecule is CN=C(NCC(=O)NC(C)(C)C)NCc1ccc(-n2cncn2)cc1.I. The molecule has 3 N–H and O–H groups in total. The molecular weight excluding hydrogens is 445 g/mol. The van der Waals surface area contributed by atoms with E-state index in [9.17, 15) is 4.79 Å². The van der Waals surface area contributed by atoms with Gasteiger partial charge in [0.2, 0.25) is 5.91 Å². The number of carbonyl (C=O) groups excluding carboxylic acids is 1. The predicted octanol–water partition coefficient (Wildman–Crippen LogP) is 1.47. The zero-order chi connectivity index (χ0) is 18.3. The zero-order valence-corrected chi connectivity index (χ0v) is 17.8.